The Morgan fingerprint density at radius 2 is 1.41 bits per heavy atom. The molecule has 39 heavy (non-hydrogen) atoms. The Labute approximate surface area is 235 Å². The van der Waals surface area contributed by atoms with Crippen molar-refractivity contribution in [3.8, 4) is 0 Å². The van der Waals surface area contributed by atoms with Gasteiger partial charge in [0.2, 0.25) is 0 Å². The van der Waals surface area contributed by atoms with E-state index in [4.69, 9.17) is 23.2 Å². The Hall–Kier alpha value is -1.52. The number of nitrogens with one attached hydrogen (secondary N) is 1. The fraction of sp³-hybridized carbons (Fsp3) is 0.571. The van der Waals surface area contributed by atoms with E-state index in [9.17, 15) is 26.3 Å². The topological polar surface area (TPSA) is 18.5 Å². The van der Waals surface area contributed by atoms with Gasteiger partial charge in [-0.3, -0.25) is 0 Å². The van der Waals surface area contributed by atoms with E-state index < -0.39 is 29.5 Å². The van der Waals surface area contributed by atoms with Crippen LogP contribution in [0.3, 0.4) is 0 Å². The van der Waals surface area contributed by atoms with Gasteiger partial charge in [-0.25, -0.2) is 0 Å². The molecule has 1 unspecified atom stereocenters. The second-order valence-electron chi connectivity index (χ2n) is 10.5. The van der Waals surface area contributed by atoms with E-state index in [1.165, 1.54) is 19.3 Å². The van der Waals surface area contributed by atoms with Crippen LogP contribution >= 0.6 is 23.2 Å². The van der Waals surface area contributed by atoms with Crippen LogP contribution in [0.2, 0.25) is 10.0 Å². The summed E-state index contributed by atoms with van der Waals surface area (Å²) in [6.07, 6.45) is -3.79. The predicted molar refractivity (Wildman–Crippen MR) is 142 cm³/mol. The molecule has 1 N–H and O–H groups in total. The number of alkyl halides is 6. The molecule has 2 aliphatic rings. The lowest BCUT2D eigenvalue weighted by atomic mass is 9.96. The monoisotopic (exact) mass is 595 g/mol. The van der Waals surface area contributed by atoms with Gasteiger partial charge in [-0.2, -0.15) is 26.3 Å². The summed E-state index contributed by atoms with van der Waals surface area (Å²) >= 11 is 12.1. The molecule has 0 aromatic heterocycles. The summed E-state index contributed by atoms with van der Waals surface area (Å²) in [7, 11) is 0. The summed E-state index contributed by atoms with van der Waals surface area (Å²) in [5, 5.41) is 4.02. The first-order chi connectivity index (χ1) is 18.4. The van der Waals surface area contributed by atoms with Crippen LogP contribution in [-0.4, -0.2) is 55.1 Å². The number of nitrogens with zero attached hydrogens (tertiary/aromatic N) is 2. The Morgan fingerprint density at radius 1 is 0.795 bits per heavy atom. The first-order valence-electron chi connectivity index (χ1n) is 13.3. The summed E-state index contributed by atoms with van der Waals surface area (Å²) in [6, 6.07) is 6.78. The van der Waals surface area contributed by atoms with E-state index in [1.807, 2.05) is 0 Å². The molecule has 2 aromatic carbocycles. The number of rotatable bonds is 8. The molecule has 2 aromatic rings. The summed E-state index contributed by atoms with van der Waals surface area (Å²) < 4.78 is 81.6. The smallest absolute Gasteiger partial charge is 0.309 e. The van der Waals surface area contributed by atoms with E-state index in [0.29, 0.717) is 35.6 Å². The minimum Gasteiger partial charge on any atom is -0.309 e. The first kappa shape index (κ1) is 30.4. The molecular formula is C28H33Cl2F6N3. The average Bonchev–Trinajstić information content (AvgIpc) is 2.90. The van der Waals surface area contributed by atoms with Gasteiger partial charge in [-0.05, 0) is 106 Å². The van der Waals surface area contributed by atoms with Gasteiger partial charge in [0, 0.05) is 18.6 Å². The van der Waals surface area contributed by atoms with Crippen LogP contribution in [0.4, 0.5) is 26.3 Å². The van der Waals surface area contributed by atoms with E-state index in [2.05, 4.69) is 15.1 Å². The average molecular weight is 596 g/mol. The third kappa shape index (κ3) is 8.49. The molecule has 0 spiro atoms. The van der Waals surface area contributed by atoms with Crippen molar-refractivity contribution in [3.05, 3.63) is 68.7 Å². The molecule has 0 radical (unpaired) electrons. The van der Waals surface area contributed by atoms with Gasteiger partial charge in [-0.1, -0.05) is 35.7 Å². The van der Waals surface area contributed by atoms with Gasteiger partial charge in [0.05, 0.1) is 21.2 Å². The molecule has 0 bridgehead atoms. The molecule has 1 atom stereocenters. The highest BCUT2D eigenvalue weighted by Gasteiger charge is 2.38. The van der Waals surface area contributed by atoms with E-state index in [1.54, 1.807) is 18.2 Å². The van der Waals surface area contributed by atoms with Crippen LogP contribution in [0.5, 0.6) is 0 Å². The molecule has 4 rings (SSSR count). The summed E-state index contributed by atoms with van der Waals surface area (Å²) in [5.74, 6) is 0. The Kier molecular flexibility index (Phi) is 10.1. The van der Waals surface area contributed by atoms with E-state index >= 15 is 0 Å². The molecule has 2 saturated heterocycles. The van der Waals surface area contributed by atoms with Gasteiger partial charge in [0.25, 0.3) is 0 Å². The fourth-order valence-corrected chi connectivity index (χ4v) is 5.88. The number of halogens is 8. The van der Waals surface area contributed by atoms with Crippen molar-refractivity contribution >= 4 is 23.2 Å². The van der Waals surface area contributed by atoms with Crippen LogP contribution in [0.15, 0.2) is 36.4 Å². The zero-order valence-electron chi connectivity index (χ0n) is 21.5. The molecule has 216 valence electrons. The predicted octanol–water partition coefficient (Wildman–Crippen LogP) is 7.85. The molecule has 3 nitrogen and oxygen atoms in total. The second-order valence-corrected chi connectivity index (χ2v) is 11.3. The largest absolute Gasteiger partial charge is 0.416 e. The highest BCUT2D eigenvalue weighted by atomic mass is 35.5. The Balaban J connectivity index is 1.52. The molecule has 2 heterocycles. The summed E-state index contributed by atoms with van der Waals surface area (Å²) in [6.45, 7) is 4.33. The third-order valence-corrected chi connectivity index (χ3v) is 8.44. The van der Waals surface area contributed by atoms with Gasteiger partial charge >= 0.3 is 12.4 Å². The second kappa shape index (κ2) is 13.0. The van der Waals surface area contributed by atoms with Gasteiger partial charge < -0.3 is 15.1 Å². The van der Waals surface area contributed by atoms with Crippen molar-refractivity contribution < 1.29 is 26.3 Å². The molecular weight excluding hydrogens is 563 g/mol. The molecule has 0 saturated carbocycles. The van der Waals surface area contributed by atoms with Crippen LogP contribution < -0.4 is 5.32 Å². The first-order valence-corrected chi connectivity index (χ1v) is 14.1. The fourth-order valence-electron chi connectivity index (χ4n) is 5.56. The van der Waals surface area contributed by atoms with Crippen molar-refractivity contribution in [3.63, 3.8) is 0 Å². The van der Waals surface area contributed by atoms with Crippen molar-refractivity contribution in [2.24, 2.45) is 0 Å². The number of piperidine rings is 2. The molecule has 11 heteroatoms. The number of likely N-dealkylation sites (tertiary alicyclic amines) is 2. The highest BCUT2D eigenvalue weighted by Crippen LogP contribution is 2.38. The number of hydrogen-bond donors (Lipinski definition) is 1. The van der Waals surface area contributed by atoms with E-state index in [0.717, 1.165) is 56.7 Å². The SMILES string of the molecule is FC(F)(F)c1cc(C(CN2CCC(N3CCCCC3)CC2)NCCc2ccc(Cl)c(Cl)c2)cc(C(F)(F)F)c1. The lowest BCUT2D eigenvalue weighted by Gasteiger charge is -2.41. The van der Waals surface area contributed by atoms with Gasteiger partial charge in [0.15, 0.2) is 0 Å². The molecule has 0 amide bonds. The number of hydrogen-bond acceptors (Lipinski definition) is 3. The maximum absolute atomic E-state index is 13.6. The van der Waals surface area contributed by atoms with Crippen LogP contribution in [0, 0.1) is 0 Å². The van der Waals surface area contributed by atoms with Crippen molar-refractivity contribution in [2.45, 2.75) is 63.0 Å². The normalized spacial score (nSPS) is 19.4. The summed E-state index contributed by atoms with van der Waals surface area (Å²) in [5.41, 5.74) is -1.76. The maximum atomic E-state index is 13.6. The molecule has 2 fully saturated rings. The van der Waals surface area contributed by atoms with Gasteiger partial charge in [0.1, 0.15) is 0 Å². The minimum absolute atomic E-state index is 0.0237. The number of benzene rings is 2. The van der Waals surface area contributed by atoms with Crippen LogP contribution in [0.25, 0.3) is 0 Å². The zero-order valence-corrected chi connectivity index (χ0v) is 23.0. The Bertz CT molecular complexity index is 1060. The summed E-state index contributed by atoms with van der Waals surface area (Å²) in [4.78, 5) is 4.67. The zero-order chi connectivity index (χ0) is 28.2. The highest BCUT2D eigenvalue weighted by molar-refractivity contribution is 6.42. The van der Waals surface area contributed by atoms with Crippen LogP contribution in [-0.2, 0) is 18.8 Å². The quantitative estimate of drug-likeness (QED) is 0.313. The maximum Gasteiger partial charge on any atom is 0.416 e. The standard InChI is InChI=1S/C28H33Cl2F6N3/c29-24-5-4-19(14-25(24)30)6-9-37-26(18-38-12-7-23(8-13-38)39-10-2-1-3-11-39)20-15-21(27(31,32)33)17-22(16-20)28(34,35)36/h4-5,14-17,23,26,37H,1-3,6-13,18H2. The van der Waals surface area contributed by atoms with Crippen molar-refractivity contribution in [1.82, 2.24) is 15.1 Å². The lowest BCUT2D eigenvalue weighted by molar-refractivity contribution is -0.143. The molecule has 0 aliphatic carbocycles. The van der Waals surface area contributed by atoms with Gasteiger partial charge in [-0.15, -0.1) is 0 Å². The van der Waals surface area contributed by atoms with E-state index in [-0.39, 0.29) is 11.6 Å². The molecule has 2 aliphatic heterocycles. The van der Waals surface area contributed by atoms with Crippen LogP contribution in [0.1, 0.15) is 60.4 Å². The lowest BCUT2D eigenvalue weighted by Crippen LogP contribution is -2.48. The Morgan fingerprint density at radius 3 is 1.97 bits per heavy atom. The van der Waals surface area contributed by atoms with Crippen molar-refractivity contribution in [1.29, 1.82) is 0 Å². The minimum atomic E-state index is -4.90. The third-order valence-electron chi connectivity index (χ3n) is 7.71. The van der Waals surface area contributed by atoms with Crippen molar-refractivity contribution in [2.75, 3.05) is 39.3 Å².